The van der Waals surface area contributed by atoms with Crippen LogP contribution in [0.15, 0.2) is 18.2 Å². The van der Waals surface area contributed by atoms with Crippen LogP contribution < -0.4 is 11.1 Å². The molecular weight excluding hydrogens is 212 g/mol. The second kappa shape index (κ2) is 5.71. The first-order chi connectivity index (χ1) is 8.25. The number of carbonyl (C=O) groups is 1. The smallest absolute Gasteiger partial charge is 0.251 e. The zero-order valence-corrected chi connectivity index (χ0v) is 10.0. The molecular formula is C14H19N2O. The number of nitrogens with one attached hydrogen (secondary N) is 1. The third-order valence-corrected chi connectivity index (χ3v) is 3.26. The van der Waals surface area contributed by atoms with Gasteiger partial charge in [0.2, 0.25) is 0 Å². The van der Waals surface area contributed by atoms with Crippen LogP contribution in [0.2, 0.25) is 0 Å². The van der Waals surface area contributed by atoms with E-state index in [-0.39, 0.29) is 5.91 Å². The van der Waals surface area contributed by atoms with Crippen LogP contribution in [0, 0.1) is 6.07 Å². The van der Waals surface area contributed by atoms with Crippen LogP contribution in [0.3, 0.4) is 0 Å². The normalized spacial score (nSPS) is 17.4. The number of nitrogen functional groups attached to an aromatic ring is 1. The summed E-state index contributed by atoms with van der Waals surface area (Å²) in [5.41, 5.74) is 6.83. The fourth-order valence-electron chi connectivity index (χ4n) is 2.31. The molecule has 1 fully saturated rings. The minimum Gasteiger partial charge on any atom is -0.399 e. The first kappa shape index (κ1) is 12.0. The zero-order valence-electron chi connectivity index (χ0n) is 10.0. The highest BCUT2D eigenvalue weighted by Gasteiger charge is 2.15. The Morgan fingerprint density at radius 2 is 1.94 bits per heavy atom. The highest BCUT2D eigenvalue weighted by Crippen LogP contribution is 2.17. The van der Waals surface area contributed by atoms with E-state index < -0.39 is 0 Å². The Hall–Kier alpha value is -1.51. The Bertz CT molecular complexity index is 382. The lowest BCUT2D eigenvalue weighted by atomic mass is 10.1. The summed E-state index contributed by atoms with van der Waals surface area (Å²) >= 11 is 0. The number of benzene rings is 1. The number of amides is 1. The van der Waals surface area contributed by atoms with Crippen molar-refractivity contribution in [3.8, 4) is 0 Å². The molecule has 0 aliphatic heterocycles. The second-order valence-corrected chi connectivity index (χ2v) is 4.72. The standard InChI is InChI=1S/C14H19N2O/c15-12-7-5-6-11(10-12)14(17)16-13-8-3-1-2-4-9-13/h6-7,10,13H,1-4,8-9,15H2,(H,16,17). The number of rotatable bonds is 2. The van der Waals surface area contributed by atoms with Gasteiger partial charge in [-0.15, -0.1) is 0 Å². The molecule has 17 heavy (non-hydrogen) atoms. The zero-order chi connectivity index (χ0) is 12.1. The van der Waals surface area contributed by atoms with Crippen LogP contribution in [-0.2, 0) is 0 Å². The molecule has 0 atom stereocenters. The van der Waals surface area contributed by atoms with Gasteiger partial charge in [-0.2, -0.15) is 0 Å². The monoisotopic (exact) mass is 231 g/mol. The molecule has 3 nitrogen and oxygen atoms in total. The first-order valence-electron chi connectivity index (χ1n) is 6.33. The molecule has 1 radical (unpaired) electrons. The van der Waals surface area contributed by atoms with Gasteiger partial charge in [0.25, 0.3) is 5.91 Å². The fraction of sp³-hybridized carbons (Fsp3) is 0.500. The van der Waals surface area contributed by atoms with E-state index in [9.17, 15) is 4.79 Å². The summed E-state index contributed by atoms with van der Waals surface area (Å²) in [5.74, 6) is -0.0274. The van der Waals surface area contributed by atoms with Crippen LogP contribution in [0.5, 0.6) is 0 Å². The number of nitrogens with two attached hydrogens (primary N) is 1. The molecule has 1 saturated carbocycles. The van der Waals surface area contributed by atoms with E-state index in [1.54, 1.807) is 18.2 Å². The molecule has 1 aliphatic carbocycles. The molecule has 0 spiro atoms. The van der Waals surface area contributed by atoms with Gasteiger partial charge in [0.05, 0.1) is 0 Å². The van der Waals surface area contributed by atoms with Gasteiger partial charge in [0, 0.05) is 17.3 Å². The second-order valence-electron chi connectivity index (χ2n) is 4.72. The lowest BCUT2D eigenvalue weighted by Crippen LogP contribution is -2.34. The maximum Gasteiger partial charge on any atom is 0.251 e. The molecule has 0 heterocycles. The third kappa shape index (κ3) is 3.48. The summed E-state index contributed by atoms with van der Waals surface area (Å²) in [6, 6.07) is 8.25. The van der Waals surface area contributed by atoms with Gasteiger partial charge in [-0.25, -0.2) is 0 Å². The maximum atomic E-state index is 12.0. The van der Waals surface area contributed by atoms with Gasteiger partial charge in [-0.1, -0.05) is 25.7 Å². The topological polar surface area (TPSA) is 55.1 Å². The molecule has 0 unspecified atom stereocenters. The molecule has 1 aromatic carbocycles. The van der Waals surface area contributed by atoms with E-state index in [1.165, 1.54) is 25.7 Å². The lowest BCUT2D eigenvalue weighted by molar-refractivity contribution is 0.0933. The average molecular weight is 231 g/mol. The lowest BCUT2D eigenvalue weighted by Gasteiger charge is -2.16. The first-order valence-corrected chi connectivity index (χ1v) is 6.33. The molecule has 91 valence electrons. The number of anilines is 1. The summed E-state index contributed by atoms with van der Waals surface area (Å²) in [6.45, 7) is 0. The van der Waals surface area contributed by atoms with Crippen molar-refractivity contribution in [2.75, 3.05) is 5.73 Å². The Labute approximate surface area is 102 Å². The Balaban J connectivity index is 1.96. The third-order valence-electron chi connectivity index (χ3n) is 3.26. The number of hydrogen-bond donors (Lipinski definition) is 2. The Kier molecular flexibility index (Phi) is 4.02. The van der Waals surface area contributed by atoms with Crippen molar-refractivity contribution < 1.29 is 4.79 Å². The molecule has 0 saturated heterocycles. The van der Waals surface area contributed by atoms with Crippen LogP contribution in [0.1, 0.15) is 48.9 Å². The van der Waals surface area contributed by atoms with Crippen LogP contribution in [0.25, 0.3) is 0 Å². The van der Waals surface area contributed by atoms with E-state index in [1.807, 2.05) is 0 Å². The van der Waals surface area contributed by atoms with E-state index in [0.29, 0.717) is 17.3 Å². The molecule has 3 N–H and O–H groups in total. The highest BCUT2D eigenvalue weighted by molar-refractivity contribution is 5.95. The maximum absolute atomic E-state index is 12.0. The predicted molar refractivity (Wildman–Crippen MR) is 68.6 cm³/mol. The van der Waals surface area contributed by atoms with Crippen molar-refractivity contribution in [2.45, 2.75) is 44.6 Å². The van der Waals surface area contributed by atoms with Crippen molar-refractivity contribution in [2.24, 2.45) is 0 Å². The number of hydrogen-bond acceptors (Lipinski definition) is 2. The summed E-state index contributed by atoms with van der Waals surface area (Å²) < 4.78 is 0. The van der Waals surface area contributed by atoms with E-state index in [0.717, 1.165) is 12.8 Å². The van der Waals surface area contributed by atoms with Crippen molar-refractivity contribution >= 4 is 11.6 Å². The van der Waals surface area contributed by atoms with E-state index in [4.69, 9.17) is 5.73 Å². The van der Waals surface area contributed by atoms with Crippen molar-refractivity contribution in [1.29, 1.82) is 0 Å². The molecule has 3 heteroatoms. The largest absolute Gasteiger partial charge is 0.399 e. The summed E-state index contributed by atoms with van der Waals surface area (Å²) in [5, 5.41) is 3.09. The quantitative estimate of drug-likeness (QED) is 0.607. The molecule has 1 aliphatic rings. The van der Waals surface area contributed by atoms with Gasteiger partial charge in [0.15, 0.2) is 0 Å². The molecule has 0 bridgehead atoms. The molecule has 1 amide bonds. The minimum atomic E-state index is -0.0274. The minimum absolute atomic E-state index is 0.0274. The summed E-state index contributed by atoms with van der Waals surface area (Å²) in [7, 11) is 0. The average Bonchev–Trinajstić information content (AvgIpc) is 2.57. The van der Waals surface area contributed by atoms with Gasteiger partial charge in [-0.05, 0) is 37.1 Å². The van der Waals surface area contributed by atoms with Gasteiger partial charge in [0.1, 0.15) is 0 Å². The SMILES string of the molecule is Nc1c[c]cc(C(=O)NC2CCCCCC2)c1. The fourth-order valence-corrected chi connectivity index (χ4v) is 2.31. The van der Waals surface area contributed by atoms with Gasteiger partial charge >= 0.3 is 0 Å². The highest BCUT2D eigenvalue weighted by atomic mass is 16.1. The van der Waals surface area contributed by atoms with E-state index in [2.05, 4.69) is 11.4 Å². The van der Waals surface area contributed by atoms with Gasteiger partial charge in [-0.3, -0.25) is 4.79 Å². The molecule has 2 rings (SSSR count). The van der Waals surface area contributed by atoms with Gasteiger partial charge < -0.3 is 11.1 Å². The molecule has 0 aromatic heterocycles. The van der Waals surface area contributed by atoms with Crippen LogP contribution in [0.4, 0.5) is 5.69 Å². The van der Waals surface area contributed by atoms with Crippen molar-refractivity contribution in [3.05, 3.63) is 29.8 Å². The molecule has 1 aromatic rings. The predicted octanol–water partition coefficient (Wildman–Crippen LogP) is 2.52. The van der Waals surface area contributed by atoms with Crippen molar-refractivity contribution in [3.63, 3.8) is 0 Å². The van der Waals surface area contributed by atoms with Crippen LogP contribution >= 0.6 is 0 Å². The van der Waals surface area contributed by atoms with Crippen LogP contribution in [-0.4, -0.2) is 11.9 Å². The van der Waals surface area contributed by atoms with Crippen molar-refractivity contribution in [1.82, 2.24) is 5.32 Å². The Morgan fingerprint density at radius 1 is 1.24 bits per heavy atom. The summed E-state index contributed by atoms with van der Waals surface area (Å²) in [6.07, 6.45) is 7.20. The van der Waals surface area contributed by atoms with E-state index >= 15 is 0 Å². The Morgan fingerprint density at radius 3 is 2.59 bits per heavy atom. The summed E-state index contributed by atoms with van der Waals surface area (Å²) in [4.78, 5) is 12.0. The number of carbonyl (C=O) groups excluding carboxylic acids is 1.